The summed E-state index contributed by atoms with van der Waals surface area (Å²) in [6.07, 6.45) is 0. The van der Waals surface area contributed by atoms with Gasteiger partial charge in [-0.3, -0.25) is 9.52 Å². The second-order valence-electron chi connectivity index (χ2n) is 6.63. The molecule has 0 fully saturated rings. The molecule has 1 atom stereocenters. The second-order valence-corrected chi connectivity index (χ2v) is 8.72. The highest BCUT2D eigenvalue weighted by molar-refractivity contribution is 7.92. The number of sulfonamides is 1. The van der Waals surface area contributed by atoms with Gasteiger partial charge in [-0.2, -0.15) is 0 Å². The first kappa shape index (κ1) is 20.9. The smallest absolute Gasteiger partial charge is 0.261 e. The van der Waals surface area contributed by atoms with Gasteiger partial charge in [0.15, 0.2) is 0 Å². The molecule has 1 amide bonds. The average molecular weight is 429 g/mol. The van der Waals surface area contributed by atoms with Crippen molar-refractivity contribution in [2.75, 3.05) is 11.3 Å². The number of amides is 1. The SMILES string of the molecule is C[C@@H](CNC(=O)c1cc(NS(=O)(=O)c2ccccc2)ccc1Cl)c1ccccc1. The molecule has 0 aliphatic carbocycles. The van der Waals surface area contributed by atoms with Crippen molar-refractivity contribution in [1.82, 2.24) is 5.32 Å². The molecule has 29 heavy (non-hydrogen) atoms. The summed E-state index contributed by atoms with van der Waals surface area (Å²) in [4.78, 5) is 12.8. The number of carbonyl (C=O) groups excluding carboxylic acids is 1. The third kappa shape index (κ3) is 5.37. The van der Waals surface area contributed by atoms with Crippen LogP contribution in [0.1, 0.15) is 28.8 Å². The van der Waals surface area contributed by atoms with Crippen molar-refractivity contribution in [3.05, 3.63) is 95.0 Å². The summed E-state index contributed by atoms with van der Waals surface area (Å²) in [5.74, 6) is -0.239. The molecule has 0 aliphatic heterocycles. The highest BCUT2D eigenvalue weighted by Crippen LogP contribution is 2.23. The molecule has 0 heterocycles. The van der Waals surface area contributed by atoms with Crippen LogP contribution in [0.15, 0.2) is 83.8 Å². The van der Waals surface area contributed by atoms with Gasteiger partial charge in [0.1, 0.15) is 0 Å². The quantitative estimate of drug-likeness (QED) is 0.574. The topological polar surface area (TPSA) is 75.3 Å². The third-order valence-corrected chi connectivity index (χ3v) is 6.18. The predicted octanol–water partition coefficient (Wildman–Crippen LogP) is 4.67. The summed E-state index contributed by atoms with van der Waals surface area (Å²) >= 11 is 6.17. The highest BCUT2D eigenvalue weighted by Gasteiger charge is 2.17. The summed E-state index contributed by atoms with van der Waals surface area (Å²) in [7, 11) is -3.76. The molecule has 0 aliphatic rings. The van der Waals surface area contributed by atoms with Crippen LogP contribution in [0, 0.1) is 0 Å². The van der Waals surface area contributed by atoms with Crippen molar-refractivity contribution < 1.29 is 13.2 Å². The fourth-order valence-corrected chi connectivity index (χ4v) is 4.09. The molecule has 0 aromatic heterocycles. The Balaban J connectivity index is 1.72. The van der Waals surface area contributed by atoms with Crippen molar-refractivity contribution in [3.8, 4) is 0 Å². The lowest BCUT2D eigenvalue weighted by Crippen LogP contribution is -2.28. The normalized spacial score (nSPS) is 12.2. The van der Waals surface area contributed by atoms with Crippen LogP contribution >= 0.6 is 11.6 Å². The van der Waals surface area contributed by atoms with E-state index in [1.165, 1.54) is 30.3 Å². The van der Waals surface area contributed by atoms with Gasteiger partial charge in [0.2, 0.25) is 0 Å². The van der Waals surface area contributed by atoms with Crippen LogP contribution in [0.2, 0.25) is 5.02 Å². The number of hydrogen-bond acceptors (Lipinski definition) is 3. The van der Waals surface area contributed by atoms with Gasteiger partial charge in [-0.25, -0.2) is 8.42 Å². The number of carbonyl (C=O) groups is 1. The Morgan fingerprint density at radius 2 is 1.59 bits per heavy atom. The first-order valence-corrected chi connectivity index (χ1v) is 10.9. The fourth-order valence-electron chi connectivity index (χ4n) is 2.82. The predicted molar refractivity (Wildman–Crippen MR) is 116 cm³/mol. The van der Waals surface area contributed by atoms with E-state index in [0.29, 0.717) is 6.54 Å². The molecule has 5 nitrogen and oxygen atoms in total. The molecule has 0 saturated carbocycles. The van der Waals surface area contributed by atoms with E-state index in [1.54, 1.807) is 18.2 Å². The van der Waals surface area contributed by atoms with Crippen molar-refractivity contribution in [3.63, 3.8) is 0 Å². The fraction of sp³-hybridized carbons (Fsp3) is 0.136. The van der Waals surface area contributed by atoms with Crippen molar-refractivity contribution in [2.45, 2.75) is 17.7 Å². The number of rotatable bonds is 7. The third-order valence-electron chi connectivity index (χ3n) is 4.45. The van der Waals surface area contributed by atoms with Gasteiger partial charge in [-0.15, -0.1) is 0 Å². The first-order chi connectivity index (χ1) is 13.9. The lowest BCUT2D eigenvalue weighted by atomic mass is 10.0. The standard InChI is InChI=1S/C22H21ClN2O3S/c1-16(17-8-4-2-5-9-17)15-24-22(26)20-14-18(12-13-21(20)23)25-29(27,28)19-10-6-3-7-11-19/h2-14,16,25H,15H2,1H3,(H,24,26)/t16-/m0/s1. The summed E-state index contributed by atoms with van der Waals surface area (Å²) in [6.45, 7) is 2.45. The van der Waals surface area contributed by atoms with E-state index in [0.717, 1.165) is 5.56 Å². The Bertz CT molecular complexity index is 1090. The maximum Gasteiger partial charge on any atom is 0.261 e. The Morgan fingerprint density at radius 3 is 2.24 bits per heavy atom. The number of anilines is 1. The molecular formula is C22H21ClN2O3S. The maximum absolute atomic E-state index is 12.6. The Hall–Kier alpha value is -2.83. The van der Waals surface area contributed by atoms with Crippen LogP contribution in [-0.2, 0) is 10.0 Å². The number of halogens is 1. The van der Waals surface area contributed by atoms with E-state index in [4.69, 9.17) is 11.6 Å². The van der Waals surface area contributed by atoms with E-state index in [1.807, 2.05) is 37.3 Å². The number of hydrogen-bond donors (Lipinski definition) is 2. The molecule has 0 spiro atoms. The van der Waals surface area contributed by atoms with E-state index >= 15 is 0 Å². The Labute approximate surface area is 175 Å². The minimum atomic E-state index is -3.76. The Morgan fingerprint density at radius 1 is 0.966 bits per heavy atom. The van der Waals surface area contributed by atoms with E-state index in [-0.39, 0.29) is 33.0 Å². The van der Waals surface area contributed by atoms with Gasteiger partial charge in [-0.05, 0) is 41.8 Å². The van der Waals surface area contributed by atoms with E-state index in [2.05, 4.69) is 10.0 Å². The van der Waals surface area contributed by atoms with Crippen molar-refractivity contribution >= 4 is 33.2 Å². The van der Waals surface area contributed by atoms with Crippen LogP contribution < -0.4 is 10.0 Å². The van der Waals surface area contributed by atoms with Crippen LogP contribution in [0.25, 0.3) is 0 Å². The Kier molecular flexibility index (Phi) is 6.56. The minimum absolute atomic E-state index is 0.124. The molecule has 2 N–H and O–H groups in total. The zero-order chi connectivity index (χ0) is 20.9. The average Bonchev–Trinajstić information content (AvgIpc) is 2.74. The molecular weight excluding hydrogens is 408 g/mol. The van der Waals surface area contributed by atoms with Gasteiger partial charge in [0.25, 0.3) is 15.9 Å². The summed E-state index contributed by atoms with van der Waals surface area (Å²) < 4.78 is 27.5. The van der Waals surface area contributed by atoms with Gasteiger partial charge in [0, 0.05) is 12.2 Å². The van der Waals surface area contributed by atoms with Gasteiger partial charge in [-0.1, -0.05) is 67.1 Å². The first-order valence-electron chi connectivity index (χ1n) is 9.07. The minimum Gasteiger partial charge on any atom is -0.351 e. The lowest BCUT2D eigenvalue weighted by Gasteiger charge is -2.14. The van der Waals surface area contributed by atoms with Crippen LogP contribution in [-0.4, -0.2) is 20.9 Å². The second kappa shape index (κ2) is 9.11. The molecule has 0 saturated heterocycles. The molecule has 0 unspecified atom stereocenters. The summed E-state index contributed by atoms with van der Waals surface area (Å²) in [5.41, 5.74) is 1.59. The molecule has 0 bridgehead atoms. The van der Waals surface area contributed by atoms with Crippen LogP contribution in [0.5, 0.6) is 0 Å². The van der Waals surface area contributed by atoms with Crippen LogP contribution in [0.3, 0.4) is 0 Å². The number of benzene rings is 3. The van der Waals surface area contributed by atoms with E-state index < -0.39 is 10.0 Å². The van der Waals surface area contributed by atoms with Crippen LogP contribution in [0.4, 0.5) is 5.69 Å². The lowest BCUT2D eigenvalue weighted by molar-refractivity contribution is 0.0952. The zero-order valence-corrected chi connectivity index (χ0v) is 17.4. The largest absolute Gasteiger partial charge is 0.351 e. The monoisotopic (exact) mass is 428 g/mol. The molecule has 150 valence electrons. The maximum atomic E-state index is 12.6. The van der Waals surface area contributed by atoms with Crippen molar-refractivity contribution in [1.29, 1.82) is 0 Å². The van der Waals surface area contributed by atoms with Crippen molar-refractivity contribution in [2.24, 2.45) is 0 Å². The summed E-state index contributed by atoms with van der Waals surface area (Å²) in [5, 5.41) is 3.11. The van der Waals surface area contributed by atoms with Gasteiger partial charge >= 0.3 is 0 Å². The van der Waals surface area contributed by atoms with Gasteiger partial charge < -0.3 is 5.32 Å². The molecule has 3 aromatic carbocycles. The molecule has 0 radical (unpaired) electrons. The molecule has 7 heteroatoms. The summed E-state index contributed by atoms with van der Waals surface area (Å²) in [6, 6.07) is 22.3. The van der Waals surface area contributed by atoms with E-state index in [9.17, 15) is 13.2 Å². The highest BCUT2D eigenvalue weighted by atomic mass is 35.5. The molecule has 3 aromatic rings. The molecule has 3 rings (SSSR count). The van der Waals surface area contributed by atoms with Gasteiger partial charge in [0.05, 0.1) is 15.5 Å². The number of nitrogens with one attached hydrogen (secondary N) is 2. The zero-order valence-electron chi connectivity index (χ0n) is 15.8.